The van der Waals surface area contributed by atoms with E-state index in [9.17, 15) is 4.79 Å². The number of hydrogen-bond donors (Lipinski definition) is 0. The number of fused-ring (bicyclic) bond motifs is 2. The summed E-state index contributed by atoms with van der Waals surface area (Å²) in [4.78, 5) is 11.2. The van der Waals surface area contributed by atoms with Crippen LogP contribution in [0.4, 0.5) is 0 Å². The zero-order chi connectivity index (χ0) is 14.4. The van der Waals surface area contributed by atoms with Crippen molar-refractivity contribution in [3.63, 3.8) is 0 Å². The Labute approximate surface area is 157 Å². The Balaban J connectivity index is 0.00000200. The second-order valence-electron chi connectivity index (χ2n) is 7.58. The Bertz CT molecular complexity index is 370. The summed E-state index contributed by atoms with van der Waals surface area (Å²) in [5.41, 5.74) is 0. The van der Waals surface area contributed by atoms with E-state index in [0.29, 0.717) is 11.8 Å². The Morgan fingerprint density at radius 2 is 1.81 bits per heavy atom. The maximum atomic E-state index is 11.2. The van der Waals surface area contributed by atoms with Crippen LogP contribution in [0.1, 0.15) is 40.5 Å². The van der Waals surface area contributed by atoms with Gasteiger partial charge >= 0.3 is 33.6 Å². The van der Waals surface area contributed by atoms with Crippen molar-refractivity contribution in [3.05, 3.63) is 6.42 Å². The molecule has 2 fully saturated rings. The van der Waals surface area contributed by atoms with Gasteiger partial charge in [0, 0.05) is 19.3 Å². The molecule has 0 aromatic heterocycles. The summed E-state index contributed by atoms with van der Waals surface area (Å²) in [6.45, 7) is 12.9. The minimum atomic E-state index is -1.73. The molecule has 0 aromatic carbocycles. The van der Waals surface area contributed by atoms with Gasteiger partial charge < -0.3 is 21.6 Å². The zero-order valence-electron chi connectivity index (χ0n) is 14.1. The van der Waals surface area contributed by atoms with Gasteiger partial charge in [-0.25, -0.2) is 0 Å². The topological polar surface area (TPSA) is 35.5 Å². The van der Waals surface area contributed by atoms with Gasteiger partial charge in [0.05, 0.1) is 6.10 Å². The van der Waals surface area contributed by atoms with Crippen LogP contribution in [0.15, 0.2) is 0 Å². The number of rotatable bonds is 3. The van der Waals surface area contributed by atoms with E-state index in [-0.39, 0.29) is 63.3 Å². The molecule has 2 aliphatic rings. The largest absolute Gasteiger partial charge is 1.00 e. The van der Waals surface area contributed by atoms with Crippen molar-refractivity contribution in [2.24, 2.45) is 11.8 Å². The molecule has 2 rings (SSSR count). The van der Waals surface area contributed by atoms with E-state index in [2.05, 4.69) is 40.3 Å². The minimum Gasteiger partial charge on any atom is -1.00 e. The third kappa shape index (κ3) is 4.92. The van der Waals surface area contributed by atoms with Crippen molar-refractivity contribution in [1.29, 1.82) is 0 Å². The molecule has 3 nitrogen and oxygen atoms in total. The third-order valence-corrected chi connectivity index (χ3v) is 9.53. The van der Waals surface area contributed by atoms with E-state index in [1.165, 1.54) is 6.92 Å². The van der Waals surface area contributed by atoms with E-state index < -0.39 is 8.32 Å². The molecule has 2 saturated carbocycles. The Morgan fingerprint density at radius 3 is 2.24 bits per heavy atom. The van der Waals surface area contributed by atoms with Crippen LogP contribution in [-0.4, -0.2) is 26.5 Å². The van der Waals surface area contributed by atoms with Crippen molar-refractivity contribution >= 4 is 14.3 Å². The second kappa shape index (κ2) is 7.63. The van der Waals surface area contributed by atoms with Gasteiger partial charge in [0.2, 0.25) is 0 Å². The summed E-state index contributed by atoms with van der Waals surface area (Å²) in [6.07, 6.45) is 4.69. The zero-order valence-corrected chi connectivity index (χ0v) is 21.4. The average molecular weight is 520 g/mol. The second-order valence-corrected chi connectivity index (χ2v) is 12.3. The van der Waals surface area contributed by atoms with Gasteiger partial charge in [0.25, 0.3) is 0 Å². The summed E-state index contributed by atoms with van der Waals surface area (Å²) in [7, 11) is -1.73. The number of carbonyl (C=O) groups is 1. The quantitative estimate of drug-likeness (QED) is 0.404. The maximum absolute atomic E-state index is 11.2. The molecule has 2 radical (unpaired) electrons. The summed E-state index contributed by atoms with van der Waals surface area (Å²) >= 11 is 0. The Morgan fingerprint density at radius 1 is 1.24 bits per heavy atom. The summed E-state index contributed by atoms with van der Waals surface area (Å²) < 4.78 is 12.0. The van der Waals surface area contributed by atoms with Crippen LogP contribution in [0, 0.1) is 18.3 Å². The molecule has 0 spiro atoms. The van der Waals surface area contributed by atoms with E-state index >= 15 is 0 Å². The molecule has 2 aliphatic carbocycles. The van der Waals surface area contributed by atoms with Gasteiger partial charge in [0.1, 0.15) is 6.10 Å². The van der Waals surface area contributed by atoms with Crippen molar-refractivity contribution in [1.82, 2.24) is 0 Å². The molecule has 0 aromatic rings. The normalized spacial score (nSPS) is 31.3. The first-order chi connectivity index (χ1) is 8.60. The minimum absolute atomic E-state index is 0. The monoisotopic (exact) mass is 520 g/mol. The van der Waals surface area contributed by atoms with Gasteiger partial charge in [-0.05, 0) is 36.9 Å². The van der Waals surface area contributed by atoms with E-state index in [0.717, 1.165) is 12.8 Å². The summed E-state index contributed by atoms with van der Waals surface area (Å²) in [6, 6.07) is 0. The number of esters is 1. The number of carbonyl (C=O) groups excluding carboxylic acids is 1. The van der Waals surface area contributed by atoms with Crippen LogP contribution < -0.4 is 12.4 Å². The third-order valence-electron chi connectivity index (χ3n) is 5.03. The first-order valence-corrected chi connectivity index (χ1v) is 10.2. The Kier molecular flexibility index (Phi) is 7.94. The molecule has 0 aliphatic heterocycles. The molecule has 0 saturated heterocycles. The van der Waals surface area contributed by atoms with Gasteiger partial charge in [-0.3, -0.25) is 4.79 Å². The van der Waals surface area contributed by atoms with Crippen LogP contribution in [0.25, 0.3) is 0 Å². The van der Waals surface area contributed by atoms with Gasteiger partial charge in [-0.1, -0.05) is 20.8 Å². The predicted octanol–water partition coefficient (Wildman–Crippen LogP) is 0.554. The fraction of sp³-hybridized carbons (Fsp3) is 0.867. The van der Waals surface area contributed by atoms with E-state index in [1.807, 2.05) is 0 Å². The molecule has 6 heteroatoms. The smallest absolute Gasteiger partial charge is 1.00 e. The molecule has 0 amide bonds. The van der Waals surface area contributed by atoms with E-state index in [1.54, 1.807) is 0 Å². The van der Waals surface area contributed by atoms with Crippen LogP contribution >= 0.6 is 0 Å². The van der Waals surface area contributed by atoms with Gasteiger partial charge in [-0.15, -0.1) is 0 Å². The molecular formula is C15H27ClHgO3Si. The molecule has 4 atom stereocenters. The predicted molar refractivity (Wildman–Crippen MR) is 78.1 cm³/mol. The Hall–Kier alpha value is 0.872. The van der Waals surface area contributed by atoms with Crippen molar-refractivity contribution in [2.75, 3.05) is 0 Å². The summed E-state index contributed by atoms with van der Waals surface area (Å²) in [5, 5.41) is 0.232. The molecule has 0 N–H and O–H groups in total. The fourth-order valence-electron chi connectivity index (χ4n) is 2.99. The molecule has 2 bridgehead atoms. The van der Waals surface area contributed by atoms with Crippen LogP contribution in [0.5, 0.6) is 0 Å². The molecular weight excluding hydrogens is 492 g/mol. The SMILES string of the molecule is CC(=O)O[C@H]1[CH][C@H]2C[C@@H]1[C@H](O[Si](C)(C)C(C)(C)C)C2.[Cl-].[Hg+]. The maximum Gasteiger partial charge on any atom is 1.00 e. The number of halogens is 1. The van der Waals surface area contributed by atoms with Crippen molar-refractivity contribution < 1.29 is 54.0 Å². The molecule has 118 valence electrons. The molecule has 0 heterocycles. The van der Waals surface area contributed by atoms with Crippen LogP contribution in [-0.2, 0) is 41.6 Å². The summed E-state index contributed by atoms with van der Waals surface area (Å²) in [5.74, 6) is 0.770. The van der Waals surface area contributed by atoms with E-state index in [4.69, 9.17) is 9.16 Å². The first kappa shape index (κ1) is 21.9. The standard InChI is InChI=1S/C15H27O3Si.ClH.Hg/c1-10(16)17-13-8-11-7-12(13)14(9-11)18-19(5,6)15(2,3)4;;/h8,11-14H,7,9H2,1-6H3;1H;/q;;+1/p-1/t11-,12+,13+,14-;;/m1../s1. The van der Waals surface area contributed by atoms with Crippen LogP contribution in [0.2, 0.25) is 18.1 Å². The van der Waals surface area contributed by atoms with Gasteiger partial charge in [0.15, 0.2) is 8.32 Å². The number of ether oxygens (including phenoxy) is 1. The van der Waals surface area contributed by atoms with Crippen molar-refractivity contribution in [2.45, 2.75) is 70.9 Å². The first-order valence-electron chi connectivity index (χ1n) is 7.30. The van der Waals surface area contributed by atoms with Gasteiger partial charge in [-0.2, -0.15) is 0 Å². The molecule has 0 unspecified atom stereocenters. The number of hydrogen-bond acceptors (Lipinski definition) is 3. The van der Waals surface area contributed by atoms with Crippen molar-refractivity contribution in [3.8, 4) is 0 Å². The molecule has 21 heavy (non-hydrogen) atoms. The average Bonchev–Trinajstić information content (AvgIpc) is 2.72. The van der Waals surface area contributed by atoms with Crippen LogP contribution in [0.3, 0.4) is 0 Å². The fourth-order valence-corrected chi connectivity index (χ4v) is 4.38.